The monoisotopic (exact) mass is 286 g/mol. The minimum Gasteiger partial charge on any atom is -0.239 e. The van der Waals surface area contributed by atoms with E-state index in [0.29, 0.717) is 5.56 Å². The van der Waals surface area contributed by atoms with Gasteiger partial charge in [-0.2, -0.15) is 0 Å². The van der Waals surface area contributed by atoms with Gasteiger partial charge in [-0.15, -0.1) is 0 Å². The van der Waals surface area contributed by atoms with Crippen molar-refractivity contribution in [3.63, 3.8) is 0 Å². The fraction of sp³-hybridized carbons (Fsp3) is 0.333. The molecule has 0 bridgehead atoms. The van der Waals surface area contributed by atoms with Crippen molar-refractivity contribution >= 4 is 22.8 Å². The molecule has 4 N–H and O–H groups in total. The first-order valence-electron chi connectivity index (χ1n) is 4.46. The van der Waals surface area contributed by atoms with Gasteiger partial charge < -0.3 is 0 Å². The third kappa shape index (κ3) is 4.27. The van der Waals surface area contributed by atoms with Crippen molar-refractivity contribution in [3.05, 3.63) is 34.1 Å². The molecular formula is C9H10ClF3N2OS. The van der Waals surface area contributed by atoms with Crippen molar-refractivity contribution < 1.29 is 17.4 Å². The molecule has 1 aliphatic rings. The summed E-state index contributed by atoms with van der Waals surface area (Å²) < 4.78 is 47.9. The molecule has 1 aromatic carbocycles. The van der Waals surface area contributed by atoms with Crippen LogP contribution in [0.4, 0.5) is 13.2 Å². The standard InChI is InChI=1S/C9H6ClF3.H4N2OS/c10-6-1-5-3-9(12,13)4-7(5)8(11)2-6;1-4(2)3/h1-2H,3-4H2;1-2H2. The highest BCUT2D eigenvalue weighted by Gasteiger charge is 2.39. The molecule has 0 unspecified atom stereocenters. The first-order chi connectivity index (χ1) is 7.71. The van der Waals surface area contributed by atoms with E-state index in [9.17, 15) is 13.2 Å². The Morgan fingerprint density at radius 3 is 2.35 bits per heavy atom. The lowest BCUT2D eigenvalue weighted by molar-refractivity contribution is 0.0126. The molecule has 0 amide bonds. The summed E-state index contributed by atoms with van der Waals surface area (Å²) in [7, 11) is 0. The number of halogens is 4. The Bertz CT molecular complexity index is 452. The van der Waals surface area contributed by atoms with Crippen LogP contribution in [0.1, 0.15) is 11.1 Å². The second-order valence-electron chi connectivity index (χ2n) is 3.56. The van der Waals surface area contributed by atoms with Crippen LogP contribution in [0.5, 0.6) is 0 Å². The summed E-state index contributed by atoms with van der Waals surface area (Å²) in [6.45, 7) is 0. The van der Waals surface area contributed by atoms with Gasteiger partial charge in [0.25, 0.3) is 5.92 Å². The predicted octanol–water partition coefficient (Wildman–Crippen LogP) is 1.70. The van der Waals surface area contributed by atoms with Gasteiger partial charge in [-0.25, -0.2) is 27.7 Å². The van der Waals surface area contributed by atoms with Gasteiger partial charge in [-0.05, 0) is 23.3 Å². The minimum atomic E-state index is -2.81. The zero-order chi connectivity index (χ0) is 13.2. The maximum absolute atomic E-state index is 13.1. The van der Waals surface area contributed by atoms with E-state index < -0.39 is 35.8 Å². The summed E-state index contributed by atoms with van der Waals surface area (Å²) in [5, 5.41) is 8.90. The van der Waals surface area contributed by atoms with Crippen LogP contribution in [0, 0.1) is 5.82 Å². The van der Waals surface area contributed by atoms with Crippen LogP contribution < -0.4 is 10.3 Å². The van der Waals surface area contributed by atoms with E-state index in [-0.39, 0.29) is 10.6 Å². The highest BCUT2D eigenvalue weighted by Crippen LogP contribution is 2.36. The molecule has 8 heteroatoms. The maximum Gasteiger partial charge on any atom is 0.256 e. The van der Waals surface area contributed by atoms with Gasteiger partial charge in [-0.3, -0.25) is 0 Å². The normalized spacial score (nSPS) is 16.4. The van der Waals surface area contributed by atoms with Crippen LogP contribution in [0.25, 0.3) is 0 Å². The fourth-order valence-electron chi connectivity index (χ4n) is 1.61. The Morgan fingerprint density at radius 2 is 1.82 bits per heavy atom. The summed E-state index contributed by atoms with van der Waals surface area (Å²) in [5.41, 5.74) is 0.435. The smallest absolute Gasteiger partial charge is 0.239 e. The molecule has 0 aliphatic heterocycles. The van der Waals surface area contributed by atoms with E-state index >= 15 is 0 Å². The van der Waals surface area contributed by atoms with E-state index in [1.54, 1.807) is 0 Å². The molecule has 96 valence electrons. The van der Waals surface area contributed by atoms with Crippen LogP contribution >= 0.6 is 11.6 Å². The zero-order valence-corrected chi connectivity index (χ0v) is 10.1. The highest BCUT2D eigenvalue weighted by atomic mass is 35.5. The molecule has 0 atom stereocenters. The van der Waals surface area contributed by atoms with Crippen LogP contribution in [0.2, 0.25) is 5.02 Å². The summed E-state index contributed by atoms with van der Waals surface area (Å²) in [4.78, 5) is 0. The summed E-state index contributed by atoms with van der Waals surface area (Å²) in [6.07, 6.45) is -0.912. The van der Waals surface area contributed by atoms with Gasteiger partial charge in [0, 0.05) is 17.9 Å². The Labute approximate surface area is 104 Å². The quantitative estimate of drug-likeness (QED) is 0.749. The molecule has 17 heavy (non-hydrogen) atoms. The zero-order valence-electron chi connectivity index (χ0n) is 8.55. The second-order valence-corrected chi connectivity index (χ2v) is 4.66. The Kier molecular flexibility index (Phi) is 4.54. The molecule has 0 spiro atoms. The molecule has 1 aromatic rings. The summed E-state index contributed by atoms with van der Waals surface area (Å²) >= 11 is 3.93. The molecule has 0 radical (unpaired) electrons. The van der Waals surface area contributed by atoms with E-state index in [1.165, 1.54) is 6.07 Å². The van der Waals surface area contributed by atoms with Crippen LogP contribution in [-0.2, 0) is 24.0 Å². The van der Waals surface area contributed by atoms with Gasteiger partial charge in [-0.1, -0.05) is 11.6 Å². The van der Waals surface area contributed by atoms with Crippen molar-refractivity contribution in [1.82, 2.24) is 0 Å². The molecule has 0 heterocycles. The Hall–Kier alpha value is -0.630. The lowest BCUT2D eigenvalue weighted by Gasteiger charge is -2.04. The molecule has 0 saturated carbocycles. The number of nitrogens with two attached hydrogens (primary N) is 2. The van der Waals surface area contributed by atoms with Gasteiger partial charge in [0.05, 0.1) is 0 Å². The molecule has 2 rings (SSSR count). The van der Waals surface area contributed by atoms with Crippen molar-refractivity contribution in [2.45, 2.75) is 18.8 Å². The van der Waals surface area contributed by atoms with Crippen molar-refractivity contribution in [1.29, 1.82) is 0 Å². The van der Waals surface area contributed by atoms with Gasteiger partial charge in [0.2, 0.25) is 0 Å². The first kappa shape index (κ1) is 14.4. The number of hydrogen-bond donors (Lipinski definition) is 2. The second kappa shape index (κ2) is 5.34. The highest BCUT2D eigenvalue weighted by molar-refractivity contribution is 7.80. The minimum absolute atomic E-state index is 0.106. The predicted molar refractivity (Wildman–Crippen MR) is 60.3 cm³/mol. The van der Waals surface area contributed by atoms with E-state index in [0.717, 1.165) is 6.07 Å². The lowest BCUT2D eigenvalue weighted by atomic mass is 10.1. The lowest BCUT2D eigenvalue weighted by Crippen LogP contribution is -2.14. The summed E-state index contributed by atoms with van der Waals surface area (Å²) in [5.74, 6) is -3.44. The topological polar surface area (TPSA) is 69.1 Å². The largest absolute Gasteiger partial charge is 0.256 e. The summed E-state index contributed by atoms with van der Waals surface area (Å²) in [6, 6.07) is 2.47. The SMILES string of the molecule is Fc1cc(Cl)cc2c1CC(F)(F)C2.NS(N)=O. The van der Waals surface area contributed by atoms with Crippen LogP contribution in [0.15, 0.2) is 12.1 Å². The number of alkyl halides is 2. The average molecular weight is 287 g/mol. The first-order valence-corrected chi connectivity index (χ1v) is 6.12. The number of fused-ring (bicyclic) bond motifs is 1. The van der Waals surface area contributed by atoms with Gasteiger partial charge >= 0.3 is 0 Å². The third-order valence-electron chi connectivity index (χ3n) is 2.14. The molecule has 0 fully saturated rings. The number of rotatable bonds is 0. The van der Waals surface area contributed by atoms with E-state index in [4.69, 9.17) is 15.8 Å². The molecule has 0 aromatic heterocycles. The third-order valence-corrected chi connectivity index (χ3v) is 2.36. The Morgan fingerprint density at radius 1 is 1.29 bits per heavy atom. The van der Waals surface area contributed by atoms with Crippen molar-refractivity contribution in [3.8, 4) is 0 Å². The fourth-order valence-corrected chi connectivity index (χ4v) is 1.84. The molecule has 3 nitrogen and oxygen atoms in total. The van der Waals surface area contributed by atoms with E-state index in [2.05, 4.69) is 10.3 Å². The molecule has 0 saturated heterocycles. The van der Waals surface area contributed by atoms with Crippen molar-refractivity contribution in [2.75, 3.05) is 0 Å². The Balaban J connectivity index is 0.000000317. The molecular weight excluding hydrogens is 277 g/mol. The van der Waals surface area contributed by atoms with Gasteiger partial charge in [0.1, 0.15) is 5.82 Å². The molecule has 1 aliphatic carbocycles. The number of hydrogen-bond acceptors (Lipinski definition) is 1. The van der Waals surface area contributed by atoms with Crippen LogP contribution in [-0.4, -0.2) is 10.1 Å². The number of benzene rings is 1. The van der Waals surface area contributed by atoms with Gasteiger partial charge in [0.15, 0.2) is 11.2 Å². The average Bonchev–Trinajstić information content (AvgIpc) is 2.38. The van der Waals surface area contributed by atoms with Crippen LogP contribution in [0.3, 0.4) is 0 Å². The van der Waals surface area contributed by atoms with E-state index in [1.807, 2.05) is 0 Å². The maximum atomic E-state index is 13.1. The van der Waals surface area contributed by atoms with Crippen molar-refractivity contribution in [2.24, 2.45) is 10.3 Å².